The fourth-order valence-corrected chi connectivity index (χ4v) is 4.40. The number of aryl methyl sites for hydroxylation is 3. The molecule has 0 aliphatic carbocycles. The molecule has 0 saturated carbocycles. The van der Waals surface area contributed by atoms with Crippen molar-refractivity contribution in [2.75, 3.05) is 0 Å². The van der Waals surface area contributed by atoms with Crippen LogP contribution in [-0.4, -0.2) is 19.5 Å². The van der Waals surface area contributed by atoms with Crippen molar-refractivity contribution in [2.45, 2.75) is 47.1 Å². The van der Waals surface area contributed by atoms with Crippen LogP contribution < -0.4 is 10.3 Å². The van der Waals surface area contributed by atoms with Crippen molar-refractivity contribution in [1.82, 2.24) is 19.5 Å². The highest BCUT2D eigenvalue weighted by Gasteiger charge is 2.17. The van der Waals surface area contributed by atoms with Crippen LogP contribution in [0.2, 0.25) is 5.02 Å². The molecule has 0 fully saturated rings. The van der Waals surface area contributed by atoms with Gasteiger partial charge in [0, 0.05) is 40.5 Å². The average molecular weight is 481 g/mol. The van der Waals surface area contributed by atoms with E-state index in [1.165, 1.54) is 4.88 Å². The average Bonchev–Trinajstić information content (AvgIpc) is 3.21. The van der Waals surface area contributed by atoms with Gasteiger partial charge in [-0.2, -0.15) is 0 Å². The topological polar surface area (TPSA) is 69.9 Å². The molecule has 33 heavy (non-hydrogen) atoms. The Morgan fingerprint density at radius 3 is 2.61 bits per heavy atom. The van der Waals surface area contributed by atoms with Gasteiger partial charge in [0.1, 0.15) is 23.2 Å². The standard InChI is InChI=1S/C25H25ClN4O2S/c1-14(2)24-27-7-6-19(29-24)20-10-21(15(3)11-28-20)30-16(4)8-22(23(26)25(30)31)32-12-18-9-17(5)33-13-18/h6-11,13-14H,12H2,1-5H3. The zero-order chi connectivity index (χ0) is 23.7. The summed E-state index contributed by atoms with van der Waals surface area (Å²) in [5, 5.41) is 2.09. The lowest BCUT2D eigenvalue weighted by Gasteiger charge is -2.16. The van der Waals surface area contributed by atoms with E-state index in [9.17, 15) is 4.79 Å². The predicted octanol–water partition coefficient (Wildman–Crippen LogP) is 6.03. The van der Waals surface area contributed by atoms with Crippen molar-refractivity contribution >= 4 is 22.9 Å². The molecule has 8 heteroatoms. The van der Waals surface area contributed by atoms with Crippen LogP contribution >= 0.6 is 22.9 Å². The molecule has 4 rings (SSSR count). The maximum absolute atomic E-state index is 13.3. The van der Waals surface area contributed by atoms with E-state index in [-0.39, 0.29) is 16.5 Å². The Morgan fingerprint density at radius 1 is 1.12 bits per heavy atom. The van der Waals surface area contributed by atoms with E-state index in [1.807, 2.05) is 52.1 Å². The van der Waals surface area contributed by atoms with Gasteiger partial charge in [-0.3, -0.25) is 14.3 Å². The summed E-state index contributed by atoms with van der Waals surface area (Å²) >= 11 is 8.12. The van der Waals surface area contributed by atoms with Gasteiger partial charge < -0.3 is 4.74 Å². The third-order valence-electron chi connectivity index (χ3n) is 5.25. The van der Waals surface area contributed by atoms with Gasteiger partial charge in [0.25, 0.3) is 5.56 Å². The van der Waals surface area contributed by atoms with Crippen molar-refractivity contribution in [3.05, 3.63) is 84.9 Å². The van der Waals surface area contributed by atoms with Crippen LogP contribution in [0.1, 0.15) is 47.3 Å². The lowest BCUT2D eigenvalue weighted by molar-refractivity contribution is 0.305. The first-order valence-corrected chi connectivity index (χ1v) is 11.9. The normalized spacial score (nSPS) is 11.2. The highest BCUT2D eigenvalue weighted by atomic mass is 35.5. The highest BCUT2D eigenvalue weighted by Crippen LogP contribution is 2.27. The second-order valence-corrected chi connectivity index (χ2v) is 9.76. The van der Waals surface area contributed by atoms with Gasteiger partial charge in [-0.1, -0.05) is 25.4 Å². The molecule has 170 valence electrons. The van der Waals surface area contributed by atoms with E-state index < -0.39 is 0 Å². The van der Waals surface area contributed by atoms with Gasteiger partial charge in [-0.05, 0) is 49.9 Å². The zero-order valence-corrected chi connectivity index (χ0v) is 20.8. The molecule has 0 amide bonds. The third kappa shape index (κ3) is 4.84. The fourth-order valence-electron chi connectivity index (χ4n) is 3.51. The second-order valence-electron chi connectivity index (χ2n) is 8.27. The second kappa shape index (κ2) is 9.45. The minimum atomic E-state index is -0.334. The van der Waals surface area contributed by atoms with Crippen LogP contribution in [0.25, 0.3) is 17.1 Å². The molecular weight excluding hydrogens is 456 g/mol. The maximum atomic E-state index is 13.3. The Hall–Kier alpha value is -3.03. The quantitative estimate of drug-likeness (QED) is 0.337. The summed E-state index contributed by atoms with van der Waals surface area (Å²) in [5.41, 5.74) is 4.35. The van der Waals surface area contributed by atoms with Crippen LogP contribution in [0.5, 0.6) is 5.75 Å². The summed E-state index contributed by atoms with van der Waals surface area (Å²) in [5.74, 6) is 1.32. The molecule has 4 aromatic heterocycles. The van der Waals surface area contributed by atoms with Gasteiger partial charge in [0.15, 0.2) is 0 Å². The molecule has 0 atom stereocenters. The van der Waals surface area contributed by atoms with E-state index in [0.29, 0.717) is 35.1 Å². The minimum Gasteiger partial charge on any atom is -0.487 e. The Kier molecular flexibility index (Phi) is 6.63. The first-order valence-electron chi connectivity index (χ1n) is 10.6. The SMILES string of the molecule is Cc1cc(COc2cc(C)n(-c3cc(-c4ccnc(C(C)C)n4)ncc3C)c(=O)c2Cl)cs1. The third-order valence-corrected chi connectivity index (χ3v) is 6.51. The Bertz CT molecular complexity index is 1380. The van der Waals surface area contributed by atoms with Crippen LogP contribution in [0.15, 0.2) is 46.8 Å². The number of aromatic nitrogens is 4. The van der Waals surface area contributed by atoms with Gasteiger partial charge in [0.2, 0.25) is 0 Å². The molecule has 0 saturated heterocycles. The van der Waals surface area contributed by atoms with E-state index in [1.54, 1.807) is 34.4 Å². The number of hydrogen-bond acceptors (Lipinski definition) is 6. The molecule has 4 heterocycles. The van der Waals surface area contributed by atoms with Crippen LogP contribution in [-0.2, 0) is 6.61 Å². The van der Waals surface area contributed by atoms with E-state index in [2.05, 4.69) is 21.0 Å². The number of nitrogens with zero attached hydrogens (tertiary/aromatic N) is 4. The Balaban J connectivity index is 1.73. The van der Waals surface area contributed by atoms with Gasteiger partial charge in [-0.25, -0.2) is 9.97 Å². The number of halogens is 1. The molecule has 0 aliphatic heterocycles. The first kappa shape index (κ1) is 23.1. The van der Waals surface area contributed by atoms with E-state index in [4.69, 9.17) is 16.3 Å². The number of pyridine rings is 2. The molecular formula is C25H25ClN4O2S. The van der Waals surface area contributed by atoms with Crippen molar-refractivity contribution < 1.29 is 4.74 Å². The smallest absolute Gasteiger partial charge is 0.277 e. The van der Waals surface area contributed by atoms with Crippen LogP contribution in [0.3, 0.4) is 0 Å². The van der Waals surface area contributed by atoms with Crippen molar-refractivity contribution in [2.24, 2.45) is 0 Å². The molecule has 0 aliphatic rings. The lowest BCUT2D eigenvalue weighted by Crippen LogP contribution is -2.22. The van der Waals surface area contributed by atoms with E-state index >= 15 is 0 Å². The van der Waals surface area contributed by atoms with Gasteiger partial charge >= 0.3 is 0 Å². The molecule has 0 aromatic carbocycles. The number of rotatable bonds is 6. The van der Waals surface area contributed by atoms with Crippen LogP contribution in [0.4, 0.5) is 0 Å². The predicted molar refractivity (Wildman–Crippen MR) is 133 cm³/mol. The number of ether oxygens (including phenoxy) is 1. The molecule has 0 bridgehead atoms. The fraction of sp³-hybridized carbons (Fsp3) is 0.280. The number of thiophene rings is 1. The largest absolute Gasteiger partial charge is 0.487 e. The molecule has 4 aromatic rings. The Morgan fingerprint density at radius 2 is 1.91 bits per heavy atom. The van der Waals surface area contributed by atoms with Crippen molar-refractivity contribution in [1.29, 1.82) is 0 Å². The summed E-state index contributed by atoms with van der Waals surface area (Å²) in [6.07, 6.45) is 3.47. The van der Waals surface area contributed by atoms with Crippen molar-refractivity contribution in [3.63, 3.8) is 0 Å². The van der Waals surface area contributed by atoms with E-state index in [0.717, 1.165) is 17.0 Å². The van der Waals surface area contributed by atoms with Gasteiger partial charge in [-0.15, -0.1) is 11.3 Å². The molecule has 0 unspecified atom stereocenters. The van der Waals surface area contributed by atoms with Crippen LogP contribution in [0, 0.1) is 20.8 Å². The number of hydrogen-bond donors (Lipinski definition) is 0. The molecule has 0 spiro atoms. The lowest BCUT2D eigenvalue weighted by atomic mass is 10.1. The minimum absolute atomic E-state index is 0.0504. The summed E-state index contributed by atoms with van der Waals surface area (Å²) in [4.78, 5) is 28.0. The maximum Gasteiger partial charge on any atom is 0.277 e. The van der Waals surface area contributed by atoms with Crippen molar-refractivity contribution in [3.8, 4) is 22.8 Å². The monoisotopic (exact) mass is 480 g/mol. The first-order chi connectivity index (χ1) is 15.7. The summed E-state index contributed by atoms with van der Waals surface area (Å²) < 4.78 is 7.47. The Labute approximate surface area is 201 Å². The highest BCUT2D eigenvalue weighted by molar-refractivity contribution is 7.10. The zero-order valence-electron chi connectivity index (χ0n) is 19.2. The molecule has 0 N–H and O–H groups in total. The molecule has 0 radical (unpaired) electrons. The summed E-state index contributed by atoms with van der Waals surface area (Å²) in [6, 6.07) is 7.54. The van der Waals surface area contributed by atoms with Gasteiger partial charge in [0.05, 0.1) is 17.1 Å². The molecule has 6 nitrogen and oxygen atoms in total. The summed E-state index contributed by atoms with van der Waals surface area (Å²) in [7, 11) is 0. The summed E-state index contributed by atoms with van der Waals surface area (Å²) in [6.45, 7) is 10.3.